The lowest BCUT2D eigenvalue weighted by molar-refractivity contribution is 0.0768. The average molecular weight is 210 g/mol. The molecule has 14 heavy (non-hydrogen) atoms. The number of fused-ring (bicyclic) bond motifs is 1. The summed E-state index contributed by atoms with van der Waals surface area (Å²) in [6.07, 6.45) is 0.999. The maximum Gasteiger partial charge on any atom is 0.258 e. The van der Waals surface area contributed by atoms with E-state index in [0.717, 1.165) is 23.5 Å². The van der Waals surface area contributed by atoms with E-state index in [2.05, 4.69) is 12.2 Å². The van der Waals surface area contributed by atoms with Crippen molar-refractivity contribution < 1.29 is 4.79 Å². The second kappa shape index (κ2) is 3.61. The van der Waals surface area contributed by atoms with E-state index in [4.69, 9.17) is 0 Å². The number of hydrogen-bond donors (Lipinski definition) is 1. The van der Waals surface area contributed by atoms with Crippen LogP contribution in [0.25, 0.3) is 0 Å². The van der Waals surface area contributed by atoms with E-state index in [1.165, 1.54) is 4.88 Å². The van der Waals surface area contributed by atoms with E-state index >= 15 is 0 Å². The largest absolute Gasteiger partial charge is 0.359 e. The van der Waals surface area contributed by atoms with Gasteiger partial charge in [0.25, 0.3) is 5.91 Å². The SMILES string of the molecule is CCc1cc2c(s1)NCN(CC)C2=O. The Morgan fingerprint density at radius 2 is 2.36 bits per heavy atom. The monoisotopic (exact) mass is 210 g/mol. The number of amides is 1. The predicted molar refractivity (Wildman–Crippen MR) is 58.9 cm³/mol. The van der Waals surface area contributed by atoms with Crippen LogP contribution in [-0.4, -0.2) is 24.0 Å². The average Bonchev–Trinajstić information content (AvgIpc) is 2.62. The molecule has 0 bridgehead atoms. The maximum absolute atomic E-state index is 11.9. The number of hydrogen-bond acceptors (Lipinski definition) is 3. The summed E-state index contributed by atoms with van der Waals surface area (Å²) in [5, 5.41) is 4.31. The van der Waals surface area contributed by atoms with Gasteiger partial charge in [-0.15, -0.1) is 11.3 Å². The highest BCUT2D eigenvalue weighted by Gasteiger charge is 2.24. The van der Waals surface area contributed by atoms with E-state index in [0.29, 0.717) is 6.67 Å². The first-order chi connectivity index (χ1) is 6.76. The predicted octanol–water partition coefficient (Wildman–Crippen LogP) is 2.16. The summed E-state index contributed by atoms with van der Waals surface area (Å²) in [6, 6.07) is 2.01. The molecule has 3 nitrogen and oxygen atoms in total. The highest BCUT2D eigenvalue weighted by atomic mass is 32.1. The van der Waals surface area contributed by atoms with Crippen LogP contribution < -0.4 is 5.32 Å². The fourth-order valence-electron chi connectivity index (χ4n) is 1.57. The molecule has 0 spiro atoms. The number of aryl methyl sites for hydroxylation is 1. The molecule has 0 aliphatic carbocycles. The smallest absolute Gasteiger partial charge is 0.258 e. The summed E-state index contributed by atoms with van der Waals surface area (Å²) in [7, 11) is 0. The van der Waals surface area contributed by atoms with Gasteiger partial charge in [0.2, 0.25) is 0 Å². The van der Waals surface area contributed by atoms with Crippen LogP contribution in [0.1, 0.15) is 29.1 Å². The highest BCUT2D eigenvalue weighted by Crippen LogP contribution is 2.31. The Labute approximate surface area is 87.7 Å². The van der Waals surface area contributed by atoms with Gasteiger partial charge in [0.15, 0.2) is 0 Å². The molecule has 4 heteroatoms. The summed E-state index contributed by atoms with van der Waals surface area (Å²) in [4.78, 5) is 15.0. The summed E-state index contributed by atoms with van der Waals surface area (Å²) in [5.41, 5.74) is 0.847. The van der Waals surface area contributed by atoms with Gasteiger partial charge in [-0.3, -0.25) is 4.79 Å². The fourth-order valence-corrected chi connectivity index (χ4v) is 2.55. The lowest BCUT2D eigenvalue weighted by atomic mass is 10.2. The molecule has 0 radical (unpaired) electrons. The van der Waals surface area contributed by atoms with Crippen LogP contribution in [-0.2, 0) is 6.42 Å². The summed E-state index contributed by atoms with van der Waals surface area (Å²) in [5.74, 6) is 0.164. The van der Waals surface area contributed by atoms with E-state index in [1.54, 1.807) is 11.3 Å². The Kier molecular flexibility index (Phi) is 2.46. The molecular formula is C10H14N2OS. The molecule has 1 amide bonds. The molecule has 0 saturated heterocycles. The third-order valence-electron chi connectivity index (χ3n) is 2.46. The van der Waals surface area contributed by atoms with Gasteiger partial charge in [0.05, 0.1) is 12.2 Å². The molecule has 76 valence electrons. The number of thiophene rings is 1. The molecule has 1 aliphatic heterocycles. The molecule has 1 aromatic rings. The Bertz CT molecular complexity index is 359. The number of carbonyl (C=O) groups excluding carboxylic acids is 1. The van der Waals surface area contributed by atoms with Crippen LogP contribution in [0.5, 0.6) is 0 Å². The van der Waals surface area contributed by atoms with Crippen molar-refractivity contribution in [2.75, 3.05) is 18.5 Å². The number of anilines is 1. The van der Waals surface area contributed by atoms with Crippen LogP contribution in [0.2, 0.25) is 0 Å². The minimum Gasteiger partial charge on any atom is -0.359 e. The van der Waals surface area contributed by atoms with Crippen molar-refractivity contribution in [3.63, 3.8) is 0 Å². The zero-order valence-corrected chi connectivity index (χ0v) is 9.28. The van der Waals surface area contributed by atoms with Crippen molar-refractivity contribution in [3.8, 4) is 0 Å². The van der Waals surface area contributed by atoms with Crippen molar-refractivity contribution in [1.29, 1.82) is 0 Å². The van der Waals surface area contributed by atoms with E-state index in [-0.39, 0.29) is 5.91 Å². The quantitative estimate of drug-likeness (QED) is 0.811. The van der Waals surface area contributed by atoms with E-state index in [9.17, 15) is 4.79 Å². The first kappa shape index (κ1) is 9.52. The molecule has 0 atom stereocenters. The molecule has 0 saturated carbocycles. The van der Waals surface area contributed by atoms with Crippen molar-refractivity contribution in [3.05, 3.63) is 16.5 Å². The number of carbonyl (C=O) groups is 1. The molecule has 2 heterocycles. The van der Waals surface area contributed by atoms with Gasteiger partial charge >= 0.3 is 0 Å². The van der Waals surface area contributed by atoms with Crippen LogP contribution in [0.4, 0.5) is 5.00 Å². The molecule has 2 rings (SSSR count). The third-order valence-corrected chi connectivity index (χ3v) is 3.70. The summed E-state index contributed by atoms with van der Waals surface area (Å²) >= 11 is 1.69. The Hall–Kier alpha value is -1.03. The molecule has 1 aliphatic rings. The zero-order chi connectivity index (χ0) is 10.1. The number of rotatable bonds is 2. The third kappa shape index (κ3) is 1.39. The minimum absolute atomic E-state index is 0.164. The van der Waals surface area contributed by atoms with Crippen molar-refractivity contribution in [2.45, 2.75) is 20.3 Å². The Morgan fingerprint density at radius 3 is 3.00 bits per heavy atom. The van der Waals surface area contributed by atoms with Crippen molar-refractivity contribution >= 4 is 22.2 Å². The van der Waals surface area contributed by atoms with Gasteiger partial charge in [-0.25, -0.2) is 0 Å². The minimum atomic E-state index is 0.164. The van der Waals surface area contributed by atoms with Crippen LogP contribution in [0.15, 0.2) is 6.07 Å². The maximum atomic E-state index is 11.9. The normalized spacial score (nSPS) is 15.3. The standard InChI is InChI=1S/C10H14N2OS/c1-3-7-5-8-9(14-7)11-6-12(4-2)10(8)13/h5,11H,3-4,6H2,1-2H3. The zero-order valence-electron chi connectivity index (χ0n) is 8.46. The van der Waals surface area contributed by atoms with Gasteiger partial charge in [-0.05, 0) is 19.4 Å². The van der Waals surface area contributed by atoms with Gasteiger partial charge in [0, 0.05) is 11.4 Å². The van der Waals surface area contributed by atoms with Crippen molar-refractivity contribution in [1.82, 2.24) is 4.90 Å². The lowest BCUT2D eigenvalue weighted by Crippen LogP contribution is -2.38. The molecule has 0 unspecified atom stereocenters. The van der Waals surface area contributed by atoms with Gasteiger partial charge < -0.3 is 10.2 Å². The Morgan fingerprint density at radius 1 is 1.57 bits per heavy atom. The van der Waals surface area contributed by atoms with Crippen LogP contribution in [0.3, 0.4) is 0 Å². The Balaban J connectivity index is 2.35. The molecular weight excluding hydrogens is 196 g/mol. The first-order valence-electron chi connectivity index (χ1n) is 4.92. The van der Waals surface area contributed by atoms with Crippen LogP contribution in [0, 0.1) is 0 Å². The summed E-state index contributed by atoms with van der Waals surface area (Å²) in [6.45, 7) is 5.52. The lowest BCUT2D eigenvalue weighted by Gasteiger charge is -2.26. The topological polar surface area (TPSA) is 32.3 Å². The first-order valence-corrected chi connectivity index (χ1v) is 5.73. The second-order valence-corrected chi connectivity index (χ2v) is 4.44. The highest BCUT2D eigenvalue weighted by molar-refractivity contribution is 7.16. The molecule has 1 N–H and O–H groups in total. The summed E-state index contributed by atoms with van der Waals surface area (Å²) < 4.78 is 0. The molecule has 0 aromatic carbocycles. The van der Waals surface area contributed by atoms with Gasteiger partial charge in [-0.2, -0.15) is 0 Å². The van der Waals surface area contributed by atoms with Crippen molar-refractivity contribution in [2.24, 2.45) is 0 Å². The van der Waals surface area contributed by atoms with E-state index in [1.807, 2.05) is 17.9 Å². The van der Waals surface area contributed by atoms with Gasteiger partial charge in [-0.1, -0.05) is 6.92 Å². The number of nitrogens with zero attached hydrogens (tertiary/aromatic N) is 1. The number of nitrogens with one attached hydrogen (secondary N) is 1. The van der Waals surface area contributed by atoms with E-state index < -0.39 is 0 Å². The van der Waals surface area contributed by atoms with Crippen LogP contribution >= 0.6 is 11.3 Å². The second-order valence-electron chi connectivity index (χ2n) is 3.31. The molecule has 1 aromatic heterocycles. The van der Waals surface area contributed by atoms with Gasteiger partial charge in [0.1, 0.15) is 5.00 Å². The molecule has 0 fully saturated rings. The fraction of sp³-hybridized carbons (Fsp3) is 0.500.